The minimum Gasteiger partial charge on any atom is -0.308 e. The highest BCUT2D eigenvalue weighted by Crippen LogP contribution is 2.38. The van der Waals surface area contributed by atoms with Crippen molar-refractivity contribution in [3.05, 3.63) is 29.3 Å². The maximum Gasteiger partial charge on any atom is 0.184 e. The second-order valence-corrected chi connectivity index (χ2v) is 7.57. The number of benzene rings is 1. The average molecular weight is 289 g/mol. The first-order valence-corrected chi connectivity index (χ1v) is 7.77. The Kier molecular flexibility index (Phi) is 3.66. The van der Waals surface area contributed by atoms with Crippen molar-refractivity contribution in [3.8, 4) is 0 Å². The number of rotatable bonds is 2. The average Bonchev–Trinajstić information content (AvgIpc) is 2.23. The lowest BCUT2D eigenvalue weighted by Gasteiger charge is -2.31. The summed E-state index contributed by atoms with van der Waals surface area (Å²) in [4.78, 5) is -0.356. The van der Waals surface area contributed by atoms with E-state index in [1.807, 2.05) is 13.8 Å². The van der Waals surface area contributed by atoms with Crippen LogP contribution in [0.25, 0.3) is 0 Å². The third kappa shape index (κ3) is 2.51. The Hall–Kier alpha value is -1.01. The lowest BCUT2D eigenvalue weighted by molar-refractivity contribution is 0.416. The summed E-state index contributed by atoms with van der Waals surface area (Å²) in [6.07, 6.45) is 0.316. The predicted molar refractivity (Wildman–Crippen MR) is 68.6 cm³/mol. The van der Waals surface area contributed by atoms with E-state index in [2.05, 4.69) is 5.32 Å². The summed E-state index contributed by atoms with van der Waals surface area (Å²) < 4.78 is 51.6. The number of sulfone groups is 1. The molecule has 0 aliphatic carbocycles. The van der Waals surface area contributed by atoms with E-state index in [9.17, 15) is 17.2 Å². The zero-order valence-electron chi connectivity index (χ0n) is 11.1. The van der Waals surface area contributed by atoms with Gasteiger partial charge in [0.25, 0.3) is 0 Å². The van der Waals surface area contributed by atoms with Crippen LogP contribution in [0.4, 0.5) is 8.78 Å². The summed E-state index contributed by atoms with van der Waals surface area (Å²) in [5.74, 6) is -1.76. The first kappa shape index (κ1) is 14.4. The smallest absolute Gasteiger partial charge is 0.184 e. The zero-order valence-corrected chi connectivity index (χ0v) is 11.9. The van der Waals surface area contributed by atoms with E-state index < -0.39 is 26.7 Å². The quantitative estimate of drug-likeness (QED) is 0.851. The van der Waals surface area contributed by atoms with Crippen molar-refractivity contribution in [2.45, 2.75) is 49.4 Å². The molecule has 106 valence electrons. The van der Waals surface area contributed by atoms with Crippen LogP contribution in [0, 0.1) is 11.6 Å². The van der Waals surface area contributed by atoms with Gasteiger partial charge in [0.1, 0.15) is 16.5 Å². The Labute approximate surface area is 111 Å². The van der Waals surface area contributed by atoms with Crippen LogP contribution in [0.5, 0.6) is 0 Å². The molecule has 19 heavy (non-hydrogen) atoms. The van der Waals surface area contributed by atoms with Crippen molar-refractivity contribution in [2.75, 3.05) is 0 Å². The van der Waals surface area contributed by atoms with Gasteiger partial charge < -0.3 is 5.32 Å². The molecule has 0 aromatic heterocycles. The molecule has 1 aliphatic rings. The number of hydrogen-bond acceptors (Lipinski definition) is 3. The summed E-state index contributed by atoms with van der Waals surface area (Å²) in [6, 6.07) is 1.49. The van der Waals surface area contributed by atoms with Crippen LogP contribution in [-0.4, -0.2) is 19.7 Å². The number of hydrogen-bond donors (Lipinski definition) is 1. The van der Waals surface area contributed by atoms with Gasteiger partial charge in [0.05, 0.1) is 5.25 Å². The molecule has 1 N–H and O–H groups in total. The maximum absolute atomic E-state index is 13.9. The second kappa shape index (κ2) is 4.83. The summed E-state index contributed by atoms with van der Waals surface area (Å²) >= 11 is 0. The van der Waals surface area contributed by atoms with Gasteiger partial charge in [-0.2, -0.15) is 0 Å². The molecule has 1 aromatic rings. The van der Waals surface area contributed by atoms with E-state index in [4.69, 9.17) is 0 Å². The number of fused-ring (bicyclic) bond motifs is 1. The Morgan fingerprint density at radius 3 is 2.53 bits per heavy atom. The fourth-order valence-electron chi connectivity index (χ4n) is 2.49. The van der Waals surface area contributed by atoms with Crippen molar-refractivity contribution in [1.29, 1.82) is 0 Å². The summed E-state index contributed by atoms with van der Waals surface area (Å²) in [5.41, 5.74) is 0.198. The minimum atomic E-state index is -3.72. The van der Waals surface area contributed by atoms with Crippen molar-refractivity contribution in [3.63, 3.8) is 0 Å². The monoisotopic (exact) mass is 289 g/mol. The molecule has 0 bridgehead atoms. The van der Waals surface area contributed by atoms with Crippen LogP contribution in [0.15, 0.2) is 17.0 Å². The Morgan fingerprint density at radius 2 is 1.95 bits per heavy atom. The molecule has 0 radical (unpaired) electrons. The van der Waals surface area contributed by atoms with E-state index >= 15 is 0 Å². The van der Waals surface area contributed by atoms with Crippen molar-refractivity contribution in [2.24, 2.45) is 0 Å². The zero-order chi connectivity index (χ0) is 14.4. The fourth-order valence-corrected chi connectivity index (χ4v) is 4.19. The van der Waals surface area contributed by atoms with Crippen LogP contribution >= 0.6 is 0 Å². The molecule has 3 nitrogen and oxygen atoms in total. The highest BCUT2D eigenvalue weighted by Gasteiger charge is 2.39. The van der Waals surface area contributed by atoms with Crippen LogP contribution < -0.4 is 5.32 Å². The van der Waals surface area contributed by atoms with Crippen LogP contribution in [0.2, 0.25) is 0 Å². The summed E-state index contributed by atoms with van der Waals surface area (Å²) in [7, 11) is -3.72. The first-order chi connectivity index (χ1) is 8.73. The van der Waals surface area contributed by atoms with E-state index in [1.165, 1.54) is 0 Å². The Balaban J connectivity index is 2.64. The fraction of sp³-hybridized carbons (Fsp3) is 0.538. The van der Waals surface area contributed by atoms with Gasteiger partial charge in [-0.3, -0.25) is 0 Å². The van der Waals surface area contributed by atoms with Gasteiger partial charge in [0, 0.05) is 18.2 Å². The highest BCUT2D eigenvalue weighted by molar-refractivity contribution is 7.92. The topological polar surface area (TPSA) is 46.2 Å². The van der Waals surface area contributed by atoms with Gasteiger partial charge in [0.2, 0.25) is 0 Å². The van der Waals surface area contributed by atoms with Gasteiger partial charge in [-0.05, 0) is 25.0 Å². The minimum absolute atomic E-state index is 0.0946. The molecule has 0 saturated heterocycles. The van der Waals surface area contributed by atoms with Gasteiger partial charge in [0.15, 0.2) is 9.84 Å². The summed E-state index contributed by atoms with van der Waals surface area (Å²) in [6.45, 7) is 5.36. The molecule has 1 aliphatic heterocycles. The molecule has 0 saturated carbocycles. The second-order valence-electron chi connectivity index (χ2n) is 5.27. The SMILES string of the molecule is CC(C)NC1CC(C)S(=O)(=O)c2c(F)cc(F)cc21. The Bertz CT molecular complexity index is 599. The molecule has 2 unspecified atom stereocenters. The van der Waals surface area contributed by atoms with Crippen LogP contribution in [0.1, 0.15) is 38.8 Å². The molecule has 0 amide bonds. The van der Waals surface area contributed by atoms with Crippen molar-refractivity contribution in [1.82, 2.24) is 5.32 Å². The van der Waals surface area contributed by atoms with Gasteiger partial charge in [-0.1, -0.05) is 13.8 Å². The molecular weight excluding hydrogens is 272 g/mol. The van der Waals surface area contributed by atoms with E-state index in [1.54, 1.807) is 6.92 Å². The molecule has 1 aromatic carbocycles. The highest BCUT2D eigenvalue weighted by atomic mass is 32.2. The third-order valence-electron chi connectivity index (χ3n) is 3.33. The molecule has 1 heterocycles. The molecule has 0 fully saturated rings. The summed E-state index contributed by atoms with van der Waals surface area (Å²) in [5, 5.41) is 2.48. The molecule has 2 atom stereocenters. The largest absolute Gasteiger partial charge is 0.308 e. The van der Waals surface area contributed by atoms with Gasteiger partial charge in [-0.15, -0.1) is 0 Å². The standard InChI is InChI=1S/C13H17F2NO2S/c1-7(2)16-12-4-8(3)19(17,18)13-10(12)5-9(14)6-11(13)15/h5-8,12,16H,4H2,1-3H3. The van der Waals surface area contributed by atoms with Gasteiger partial charge >= 0.3 is 0 Å². The molecule has 0 spiro atoms. The van der Waals surface area contributed by atoms with E-state index in [-0.39, 0.29) is 22.5 Å². The van der Waals surface area contributed by atoms with Crippen molar-refractivity contribution < 1.29 is 17.2 Å². The normalized spacial score (nSPS) is 25.4. The number of halogens is 2. The maximum atomic E-state index is 13.9. The van der Waals surface area contributed by atoms with Gasteiger partial charge in [-0.25, -0.2) is 17.2 Å². The van der Waals surface area contributed by atoms with Crippen LogP contribution in [-0.2, 0) is 9.84 Å². The lowest BCUT2D eigenvalue weighted by atomic mass is 10.00. The predicted octanol–water partition coefficient (Wildman–Crippen LogP) is 2.57. The molecular formula is C13H17F2NO2S. The first-order valence-electron chi connectivity index (χ1n) is 6.22. The Morgan fingerprint density at radius 1 is 1.32 bits per heavy atom. The van der Waals surface area contributed by atoms with Crippen molar-refractivity contribution >= 4 is 9.84 Å². The number of nitrogens with one attached hydrogen (secondary N) is 1. The van der Waals surface area contributed by atoms with E-state index in [0.29, 0.717) is 12.5 Å². The lowest BCUT2D eigenvalue weighted by Crippen LogP contribution is -2.38. The molecule has 6 heteroatoms. The molecule has 2 rings (SSSR count). The third-order valence-corrected chi connectivity index (χ3v) is 5.58. The van der Waals surface area contributed by atoms with Crippen LogP contribution in [0.3, 0.4) is 0 Å². The van der Waals surface area contributed by atoms with E-state index in [0.717, 1.165) is 6.07 Å².